The van der Waals surface area contributed by atoms with Gasteiger partial charge in [-0.2, -0.15) is 0 Å². The lowest BCUT2D eigenvalue weighted by molar-refractivity contribution is -0.141. The molecule has 0 aliphatic carbocycles. The van der Waals surface area contributed by atoms with Crippen LogP contribution in [-0.4, -0.2) is 35.1 Å². The van der Waals surface area contributed by atoms with Crippen LogP contribution in [-0.2, 0) is 22.6 Å². The van der Waals surface area contributed by atoms with Gasteiger partial charge in [-0.25, -0.2) is 0 Å². The quantitative estimate of drug-likeness (QED) is 0.320. The van der Waals surface area contributed by atoms with E-state index in [1.165, 1.54) is 11.1 Å². The predicted molar refractivity (Wildman–Crippen MR) is 145 cm³/mol. The molecular formula is C30H36N2O2S. The first-order valence-electron chi connectivity index (χ1n) is 12.3. The lowest BCUT2D eigenvalue weighted by atomic mass is 10.0. The molecule has 0 radical (unpaired) electrons. The van der Waals surface area contributed by atoms with Gasteiger partial charge in [-0.15, -0.1) is 11.8 Å². The Labute approximate surface area is 214 Å². The van der Waals surface area contributed by atoms with Gasteiger partial charge in [0.25, 0.3) is 0 Å². The summed E-state index contributed by atoms with van der Waals surface area (Å²) < 4.78 is 0. The maximum absolute atomic E-state index is 13.6. The highest BCUT2D eigenvalue weighted by molar-refractivity contribution is 7.99. The normalized spacial score (nSPS) is 11.6. The molecule has 1 atom stereocenters. The van der Waals surface area contributed by atoms with Crippen LogP contribution in [0.3, 0.4) is 0 Å². The Balaban J connectivity index is 1.81. The number of aryl methyl sites for hydroxylation is 2. The molecule has 35 heavy (non-hydrogen) atoms. The topological polar surface area (TPSA) is 49.4 Å². The number of nitrogens with zero attached hydrogens (tertiary/aromatic N) is 1. The zero-order valence-electron chi connectivity index (χ0n) is 21.0. The molecule has 0 fully saturated rings. The van der Waals surface area contributed by atoms with Crippen molar-refractivity contribution in [2.45, 2.75) is 57.5 Å². The van der Waals surface area contributed by atoms with Crippen molar-refractivity contribution in [2.75, 3.05) is 12.3 Å². The highest BCUT2D eigenvalue weighted by Crippen LogP contribution is 2.21. The number of hydrogen-bond acceptors (Lipinski definition) is 3. The predicted octanol–water partition coefficient (Wildman–Crippen LogP) is 5.95. The van der Waals surface area contributed by atoms with E-state index in [4.69, 9.17) is 0 Å². The standard InChI is InChI=1S/C30H36N2O2S/c1-4-19-31-30(34)28(21-25-8-6-5-7-9-25)32(22-26-14-10-23(2)11-15-26)29(33)18-20-35-27-16-12-24(3)13-17-27/h5-17,28H,4,18-22H2,1-3H3,(H,31,34)/t28-/m0/s1. The van der Waals surface area contributed by atoms with Crippen LogP contribution in [0, 0.1) is 13.8 Å². The smallest absolute Gasteiger partial charge is 0.243 e. The molecule has 0 bridgehead atoms. The molecule has 0 saturated carbocycles. The number of rotatable bonds is 12. The van der Waals surface area contributed by atoms with Crippen molar-refractivity contribution in [3.8, 4) is 0 Å². The van der Waals surface area contributed by atoms with Gasteiger partial charge in [0.1, 0.15) is 6.04 Å². The van der Waals surface area contributed by atoms with Crippen molar-refractivity contribution in [1.29, 1.82) is 0 Å². The fraction of sp³-hybridized carbons (Fsp3) is 0.333. The van der Waals surface area contributed by atoms with Crippen LogP contribution in [0.4, 0.5) is 0 Å². The monoisotopic (exact) mass is 488 g/mol. The lowest BCUT2D eigenvalue weighted by Crippen LogP contribution is -2.50. The molecule has 0 heterocycles. The molecule has 0 unspecified atom stereocenters. The first-order chi connectivity index (χ1) is 17.0. The van der Waals surface area contributed by atoms with Crippen molar-refractivity contribution >= 4 is 23.6 Å². The molecule has 184 valence electrons. The van der Waals surface area contributed by atoms with Crippen LogP contribution in [0.1, 0.15) is 42.0 Å². The van der Waals surface area contributed by atoms with Crippen LogP contribution < -0.4 is 5.32 Å². The largest absolute Gasteiger partial charge is 0.354 e. The molecule has 3 rings (SSSR count). The summed E-state index contributed by atoms with van der Waals surface area (Å²) in [6.45, 7) is 7.15. The number of thioether (sulfide) groups is 1. The van der Waals surface area contributed by atoms with E-state index in [0.29, 0.717) is 31.7 Å². The van der Waals surface area contributed by atoms with Crippen molar-refractivity contribution in [3.63, 3.8) is 0 Å². The minimum Gasteiger partial charge on any atom is -0.354 e. The van der Waals surface area contributed by atoms with Crippen LogP contribution >= 0.6 is 11.8 Å². The van der Waals surface area contributed by atoms with Gasteiger partial charge in [-0.1, -0.05) is 84.8 Å². The summed E-state index contributed by atoms with van der Waals surface area (Å²) in [5.74, 6) is 0.570. The molecule has 0 saturated heterocycles. The molecule has 1 N–H and O–H groups in total. The van der Waals surface area contributed by atoms with E-state index < -0.39 is 6.04 Å². The maximum atomic E-state index is 13.6. The molecule has 4 nitrogen and oxygen atoms in total. The number of benzene rings is 3. The molecule has 0 spiro atoms. The van der Waals surface area contributed by atoms with Gasteiger partial charge in [-0.3, -0.25) is 9.59 Å². The molecule has 0 aromatic heterocycles. The zero-order chi connectivity index (χ0) is 25.0. The number of nitrogens with one attached hydrogen (secondary N) is 1. The Morgan fingerprint density at radius 2 is 1.49 bits per heavy atom. The average molecular weight is 489 g/mol. The summed E-state index contributed by atoms with van der Waals surface area (Å²) in [4.78, 5) is 29.8. The van der Waals surface area contributed by atoms with Crippen LogP contribution in [0.5, 0.6) is 0 Å². The van der Waals surface area contributed by atoms with Crippen LogP contribution in [0.2, 0.25) is 0 Å². The highest BCUT2D eigenvalue weighted by Gasteiger charge is 2.30. The Kier molecular flexibility index (Phi) is 10.4. The number of carbonyl (C=O) groups is 2. The van der Waals surface area contributed by atoms with Crippen molar-refractivity contribution in [2.24, 2.45) is 0 Å². The summed E-state index contributed by atoms with van der Waals surface area (Å²) in [7, 11) is 0. The molecular weight excluding hydrogens is 452 g/mol. The molecule has 0 aliphatic rings. The SMILES string of the molecule is CCCNC(=O)[C@H](Cc1ccccc1)N(Cc1ccc(C)cc1)C(=O)CCSc1ccc(C)cc1. The van der Waals surface area contributed by atoms with Crippen molar-refractivity contribution in [1.82, 2.24) is 10.2 Å². The van der Waals surface area contributed by atoms with Gasteiger partial charge in [0.15, 0.2) is 0 Å². The van der Waals surface area contributed by atoms with Crippen LogP contribution in [0.15, 0.2) is 83.8 Å². The molecule has 3 aromatic carbocycles. The van der Waals surface area contributed by atoms with Crippen LogP contribution in [0.25, 0.3) is 0 Å². The second-order valence-corrected chi connectivity index (χ2v) is 10.1. The maximum Gasteiger partial charge on any atom is 0.243 e. The summed E-state index contributed by atoms with van der Waals surface area (Å²) in [6, 6.07) is 25.9. The van der Waals surface area contributed by atoms with Gasteiger partial charge < -0.3 is 10.2 Å². The third-order valence-corrected chi connectivity index (χ3v) is 6.91. The van der Waals surface area contributed by atoms with Gasteiger partial charge in [0.05, 0.1) is 0 Å². The summed E-state index contributed by atoms with van der Waals surface area (Å²) in [5, 5.41) is 3.03. The third kappa shape index (κ3) is 8.59. The Bertz CT molecular complexity index is 1070. The second-order valence-electron chi connectivity index (χ2n) is 8.92. The van der Waals surface area contributed by atoms with Gasteiger partial charge in [0, 0.05) is 36.6 Å². The second kappa shape index (κ2) is 13.7. The Hall–Kier alpha value is -3.05. The van der Waals surface area contributed by atoms with E-state index in [0.717, 1.165) is 22.4 Å². The first kappa shape index (κ1) is 26.6. The van der Waals surface area contributed by atoms with Gasteiger partial charge in [0.2, 0.25) is 11.8 Å². The number of hydrogen-bond donors (Lipinski definition) is 1. The Morgan fingerprint density at radius 3 is 2.11 bits per heavy atom. The highest BCUT2D eigenvalue weighted by atomic mass is 32.2. The minimum absolute atomic E-state index is 0.00207. The fourth-order valence-electron chi connectivity index (χ4n) is 3.84. The molecule has 5 heteroatoms. The van der Waals surface area contributed by atoms with Crippen molar-refractivity contribution < 1.29 is 9.59 Å². The summed E-state index contributed by atoms with van der Waals surface area (Å²) >= 11 is 1.67. The first-order valence-corrected chi connectivity index (χ1v) is 13.3. The Morgan fingerprint density at radius 1 is 0.857 bits per heavy atom. The van der Waals surface area contributed by atoms with E-state index >= 15 is 0 Å². The van der Waals surface area contributed by atoms with E-state index in [2.05, 4.69) is 48.6 Å². The average Bonchev–Trinajstić information content (AvgIpc) is 2.87. The zero-order valence-corrected chi connectivity index (χ0v) is 21.8. The van der Waals surface area contributed by atoms with E-state index in [1.54, 1.807) is 16.7 Å². The minimum atomic E-state index is -0.567. The van der Waals surface area contributed by atoms with Gasteiger partial charge in [-0.05, 0) is 43.5 Å². The summed E-state index contributed by atoms with van der Waals surface area (Å²) in [6.07, 6.45) is 1.71. The third-order valence-electron chi connectivity index (χ3n) is 5.90. The van der Waals surface area contributed by atoms with E-state index in [-0.39, 0.29) is 11.8 Å². The fourth-order valence-corrected chi connectivity index (χ4v) is 4.69. The lowest BCUT2D eigenvalue weighted by Gasteiger charge is -2.31. The van der Waals surface area contributed by atoms with E-state index in [9.17, 15) is 9.59 Å². The number of carbonyl (C=O) groups excluding carboxylic acids is 2. The van der Waals surface area contributed by atoms with Gasteiger partial charge >= 0.3 is 0 Å². The summed E-state index contributed by atoms with van der Waals surface area (Å²) in [5.41, 5.74) is 4.45. The van der Waals surface area contributed by atoms with E-state index in [1.807, 2.05) is 56.3 Å². The van der Waals surface area contributed by atoms with Crippen molar-refractivity contribution in [3.05, 3.63) is 101 Å². The molecule has 2 amide bonds. The number of amides is 2. The molecule has 3 aromatic rings. The molecule has 0 aliphatic heterocycles.